The summed E-state index contributed by atoms with van der Waals surface area (Å²) in [5.74, 6) is -0.0494. The van der Waals surface area contributed by atoms with Crippen molar-refractivity contribution in [3.8, 4) is 0 Å². The van der Waals surface area contributed by atoms with Gasteiger partial charge in [-0.25, -0.2) is 4.39 Å². The monoisotopic (exact) mass is 500 g/mol. The standard InChI is InChI=1S/C16H18FNO.C16H19NO/c17-14-7-6-12-4-3-5-13(15(12)11-14)10-16(19)18-8-1-2-9-18;1-11-5-6-12-3-2-4-13(15(12)9-11)10-16(18)17-14-7-8-14/h6-7,10-11H,1-5,8-9H2;5-6,9-10,14H,2-4,7-8H2,1H3,(H,17,18)/b2*13-10+. The molecule has 6 rings (SSSR count). The first kappa shape index (κ1) is 25.4. The van der Waals surface area contributed by atoms with Crippen LogP contribution in [0.5, 0.6) is 0 Å². The summed E-state index contributed by atoms with van der Waals surface area (Å²) < 4.78 is 13.4. The lowest BCUT2D eigenvalue weighted by Crippen LogP contribution is -2.26. The van der Waals surface area contributed by atoms with Crippen LogP contribution in [0.1, 0.15) is 79.2 Å². The third-order valence-electron chi connectivity index (χ3n) is 7.76. The first-order valence-corrected chi connectivity index (χ1v) is 13.9. The van der Waals surface area contributed by atoms with Gasteiger partial charge < -0.3 is 10.2 Å². The number of hydrogen-bond acceptors (Lipinski definition) is 2. The van der Waals surface area contributed by atoms with E-state index < -0.39 is 0 Å². The highest BCUT2D eigenvalue weighted by atomic mass is 19.1. The predicted octanol–water partition coefficient (Wildman–Crippen LogP) is 6.16. The summed E-state index contributed by atoms with van der Waals surface area (Å²) in [6.07, 6.45) is 14.2. The fourth-order valence-electron chi connectivity index (χ4n) is 5.59. The molecule has 1 aliphatic heterocycles. The zero-order chi connectivity index (χ0) is 25.8. The SMILES string of the molecule is Cc1ccc2c(c1)/C(=C/C(=O)NC1CC1)CCC2.O=C(/C=C1\CCCc2ccc(F)cc21)N1CCCC1. The molecule has 1 saturated carbocycles. The lowest BCUT2D eigenvalue weighted by Gasteiger charge is -2.20. The minimum Gasteiger partial charge on any atom is -0.350 e. The Morgan fingerprint density at radius 3 is 2.14 bits per heavy atom. The first-order valence-electron chi connectivity index (χ1n) is 13.9. The van der Waals surface area contributed by atoms with Crippen molar-refractivity contribution in [2.75, 3.05) is 13.1 Å². The molecule has 0 bridgehead atoms. The number of aryl methyl sites for hydroxylation is 3. The van der Waals surface area contributed by atoms with Gasteiger partial charge in [-0.1, -0.05) is 29.8 Å². The Labute approximate surface area is 219 Å². The van der Waals surface area contributed by atoms with Gasteiger partial charge >= 0.3 is 0 Å². The maximum Gasteiger partial charge on any atom is 0.246 e. The summed E-state index contributed by atoms with van der Waals surface area (Å²) in [5, 5.41) is 3.03. The topological polar surface area (TPSA) is 49.4 Å². The number of carbonyl (C=O) groups is 2. The number of amides is 2. The van der Waals surface area contributed by atoms with Gasteiger partial charge in [-0.15, -0.1) is 0 Å². The number of likely N-dealkylation sites (tertiary alicyclic amines) is 1. The minimum absolute atomic E-state index is 0.0851. The lowest BCUT2D eigenvalue weighted by atomic mass is 9.86. The van der Waals surface area contributed by atoms with Gasteiger partial charge in [0.2, 0.25) is 11.8 Å². The number of nitrogens with zero attached hydrogens (tertiary/aromatic N) is 1. The average Bonchev–Trinajstić information content (AvgIpc) is 3.52. The Morgan fingerprint density at radius 1 is 0.838 bits per heavy atom. The molecule has 4 aliphatic rings. The molecule has 0 aromatic heterocycles. The van der Waals surface area contributed by atoms with Crippen molar-refractivity contribution >= 4 is 23.0 Å². The molecule has 0 radical (unpaired) electrons. The van der Waals surface area contributed by atoms with Gasteiger partial charge in [0.25, 0.3) is 0 Å². The molecule has 0 atom stereocenters. The molecule has 4 nitrogen and oxygen atoms in total. The Morgan fingerprint density at radius 2 is 1.46 bits per heavy atom. The average molecular weight is 501 g/mol. The summed E-state index contributed by atoms with van der Waals surface area (Å²) in [6, 6.07) is 11.9. The van der Waals surface area contributed by atoms with Crippen molar-refractivity contribution in [2.24, 2.45) is 0 Å². The maximum absolute atomic E-state index is 13.4. The molecule has 0 spiro atoms. The van der Waals surface area contributed by atoms with E-state index in [1.165, 1.54) is 28.3 Å². The highest BCUT2D eigenvalue weighted by Crippen LogP contribution is 2.32. The molecule has 194 valence electrons. The Balaban J connectivity index is 0.000000152. The van der Waals surface area contributed by atoms with Crippen LogP contribution in [0.4, 0.5) is 4.39 Å². The van der Waals surface area contributed by atoms with Crippen LogP contribution in [-0.4, -0.2) is 35.8 Å². The van der Waals surface area contributed by atoms with E-state index in [-0.39, 0.29) is 17.6 Å². The largest absolute Gasteiger partial charge is 0.350 e. The van der Waals surface area contributed by atoms with Crippen LogP contribution in [0, 0.1) is 12.7 Å². The smallest absolute Gasteiger partial charge is 0.246 e. The molecule has 3 aliphatic carbocycles. The summed E-state index contributed by atoms with van der Waals surface area (Å²) in [7, 11) is 0. The molecule has 2 amide bonds. The summed E-state index contributed by atoms with van der Waals surface area (Å²) >= 11 is 0. The lowest BCUT2D eigenvalue weighted by molar-refractivity contribution is -0.125. The fraction of sp³-hybridized carbons (Fsp3) is 0.438. The van der Waals surface area contributed by atoms with Crippen LogP contribution in [0.25, 0.3) is 11.1 Å². The second-order valence-corrected chi connectivity index (χ2v) is 10.8. The van der Waals surface area contributed by atoms with E-state index in [0.717, 1.165) is 94.0 Å². The number of fused-ring (bicyclic) bond motifs is 2. The van der Waals surface area contributed by atoms with Crippen LogP contribution in [0.2, 0.25) is 0 Å². The molecule has 2 aromatic rings. The molecular weight excluding hydrogens is 463 g/mol. The molecule has 0 unspecified atom stereocenters. The number of hydrogen-bond donors (Lipinski definition) is 1. The Kier molecular flexibility index (Phi) is 7.87. The third-order valence-corrected chi connectivity index (χ3v) is 7.76. The van der Waals surface area contributed by atoms with Crippen molar-refractivity contribution < 1.29 is 14.0 Å². The molecule has 1 saturated heterocycles. The summed E-state index contributed by atoms with van der Waals surface area (Å²) in [5.41, 5.74) is 8.23. The van der Waals surface area contributed by atoms with Crippen LogP contribution < -0.4 is 5.32 Å². The van der Waals surface area contributed by atoms with Gasteiger partial charge in [-0.3, -0.25) is 9.59 Å². The molecule has 5 heteroatoms. The van der Waals surface area contributed by atoms with E-state index in [1.807, 2.05) is 17.0 Å². The fourth-order valence-corrected chi connectivity index (χ4v) is 5.59. The van der Waals surface area contributed by atoms with Crippen LogP contribution in [-0.2, 0) is 22.4 Å². The summed E-state index contributed by atoms with van der Waals surface area (Å²) in [4.78, 5) is 25.9. The van der Waals surface area contributed by atoms with E-state index in [1.54, 1.807) is 12.1 Å². The number of halogens is 1. The Bertz CT molecular complexity index is 1240. The zero-order valence-corrected chi connectivity index (χ0v) is 21.8. The highest BCUT2D eigenvalue weighted by molar-refractivity contribution is 5.96. The van der Waals surface area contributed by atoms with Crippen molar-refractivity contribution in [1.82, 2.24) is 10.2 Å². The number of nitrogens with one attached hydrogen (secondary N) is 1. The van der Waals surface area contributed by atoms with Crippen molar-refractivity contribution in [2.45, 2.75) is 77.2 Å². The second-order valence-electron chi connectivity index (χ2n) is 10.8. The third kappa shape index (κ3) is 6.57. The molecule has 2 aromatic carbocycles. The van der Waals surface area contributed by atoms with E-state index in [4.69, 9.17) is 0 Å². The maximum atomic E-state index is 13.4. The van der Waals surface area contributed by atoms with Crippen molar-refractivity contribution in [1.29, 1.82) is 0 Å². The van der Waals surface area contributed by atoms with Gasteiger partial charge in [-0.2, -0.15) is 0 Å². The van der Waals surface area contributed by atoms with E-state index in [2.05, 4.69) is 30.4 Å². The Hall–Kier alpha value is -3.21. The van der Waals surface area contributed by atoms with Gasteiger partial charge in [-0.05, 0) is 117 Å². The molecule has 1 N–H and O–H groups in total. The van der Waals surface area contributed by atoms with E-state index >= 15 is 0 Å². The van der Waals surface area contributed by atoms with Crippen LogP contribution in [0.3, 0.4) is 0 Å². The van der Waals surface area contributed by atoms with Gasteiger partial charge in [0.1, 0.15) is 5.82 Å². The van der Waals surface area contributed by atoms with Gasteiger partial charge in [0.15, 0.2) is 0 Å². The van der Waals surface area contributed by atoms with E-state index in [0.29, 0.717) is 6.04 Å². The number of benzene rings is 2. The number of carbonyl (C=O) groups excluding carboxylic acids is 2. The molecule has 2 fully saturated rings. The summed E-state index contributed by atoms with van der Waals surface area (Å²) in [6.45, 7) is 3.83. The quantitative estimate of drug-likeness (QED) is 0.513. The predicted molar refractivity (Wildman–Crippen MR) is 146 cm³/mol. The van der Waals surface area contributed by atoms with Crippen molar-refractivity contribution in [3.05, 3.63) is 82.2 Å². The molecule has 1 heterocycles. The van der Waals surface area contributed by atoms with Gasteiger partial charge in [0, 0.05) is 31.3 Å². The second kappa shape index (κ2) is 11.5. The number of rotatable bonds is 3. The van der Waals surface area contributed by atoms with Gasteiger partial charge in [0.05, 0.1) is 0 Å². The minimum atomic E-state index is -0.222. The zero-order valence-electron chi connectivity index (χ0n) is 21.8. The van der Waals surface area contributed by atoms with Crippen molar-refractivity contribution in [3.63, 3.8) is 0 Å². The van der Waals surface area contributed by atoms with Crippen LogP contribution >= 0.6 is 0 Å². The highest BCUT2D eigenvalue weighted by Gasteiger charge is 2.23. The normalized spacial score (nSPS) is 20.6. The number of allylic oxidation sites excluding steroid dienone is 2. The van der Waals surface area contributed by atoms with E-state index in [9.17, 15) is 14.0 Å². The van der Waals surface area contributed by atoms with Crippen LogP contribution in [0.15, 0.2) is 48.6 Å². The first-order chi connectivity index (χ1) is 18.0. The molecule has 37 heavy (non-hydrogen) atoms. The molecular formula is C32H37FN2O2.